The summed E-state index contributed by atoms with van der Waals surface area (Å²) in [4.78, 5) is 25.0. The summed E-state index contributed by atoms with van der Waals surface area (Å²) in [5, 5.41) is 3.38. The first kappa shape index (κ1) is 27.3. The maximum absolute atomic E-state index is 12.8. The van der Waals surface area contributed by atoms with Crippen molar-refractivity contribution in [3.05, 3.63) is 76.1 Å². The predicted octanol–water partition coefficient (Wildman–Crippen LogP) is 4.92. The van der Waals surface area contributed by atoms with E-state index in [4.69, 9.17) is 16.3 Å². The summed E-state index contributed by atoms with van der Waals surface area (Å²) in [5.41, 5.74) is 1.38. The van der Waals surface area contributed by atoms with Crippen molar-refractivity contribution >= 4 is 33.2 Å². The molecule has 0 saturated heterocycles. The number of ether oxygens (including phenoxy) is 1. The van der Waals surface area contributed by atoms with Gasteiger partial charge in [-0.1, -0.05) is 48.0 Å². The highest BCUT2D eigenvalue weighted by atomic mass is 35.5. The second kappa shape index (κ2) is 10.4. The number of carbonyl (C=O) groups excluding carboxylic acids is 1. The Balaban J connectivity index is 1.34. The summed E-state index contributed by atoms with van der Waals surface area (Å²) < 4.78 is 67.5. The van der Waals surface area contributed by atoms with Crippen molar-refractivity contribution in [1.82, 2.24) is 15.0 Å². The maximum atomic E-state index is 12.8. The van der Waals surface area contributed by atoms with E-state index >= 15 is 0 Å². The maximum Gasteiger partial charge on any atom is 0.422 e. The van der Waals surface area contributed by atoms with Crippen molar-refractivity contribution in [2.75, 3.05) is 17.7 Å². The second-order valence-electron chi connectivity index (χ2n) is 9.78. The molecule has 39 heavy (non-hydrogen) atoms. The molecular formula is C26H24ClF3N4O4S. The van der Waals surface area contributed by atoms with E-state index < -0.39 is 51.0 Å². The molecule has 0 radical (unpaired) electrons. The van der Waals surface area contributed by atoms with Gasteiger partial charge in [0.2, 0.25) is 5.95 Å². The lowest BCUT2D eigenvalue weighted by Gasteiger charge is -2.19. The van der Waals surface area contributed by atoms with Crippen molar-refractivity contribution in [1.29, 1.82) is 0 Å². The number of benzene rings is 2. The Morgan fingerprint density at radius 3 is 2.28 bits per heavy atom. The fraction of sp³-hybridized carbons (Fsp3) is 0.385. The van der Waals surface area contributed by atoms with Gasteiger partial charge in [-0.05, 0) is 48.9 Å². The molecule has 1 heterocycles. The number of alkyl halides is 3. The molecule has 1 aromatic heterocycles. The minimum atomic E-state index is -4.57. The number of rotatable bonds is 11. The minimum Gasteiger partial charge on any atom is -0.454 e. The van der Waals surface area contributed by atoms with Gasteiger partial charge in [0.1, 0.15) is 11.6 Å². The average Bonchev–Trinajstić information content (AvgIpc) is 3.78. The normalized spacial score (nSPS) is 16.5. The van der Waals surface area contributed by atoms with Gasteiger partial charge in [0, 0.05) is 17.0 Å². The lowest BCUT2D eigenvalue weighted by atomic mass is 10.1. The molecule has 3 aromatic rings. The SMILES string of the molecule is O=C(CS(=O)(=O)C1CC1)c1ccc(Cc2nc(NC3(c4ccc(Cl)cc4)CC3)nc(OCC(F)(F)F)n2)cc1. The molecule has 2 aromatic carbocycles. The molecule has 13 heteroatoms. The highest BCUT2D eigenvalue weighted by molar-refractivity contribution is 7.93. The number of hydrogen-bond donors (Lipinski definition) is 1. The van der Waals surface area contributed by atoms with E-state index in [0.717, 1.165) is 18.4 Å². The monoisotopic (exact) mass is 580 g/mol. The Hall–Kier alpha value is -3.25. The summed E-state index contributed by atoms with van der Waals surface area (Å²) in [6, 6.07) is 13.1. The van der Waals surface area contributed by atoms with Gasteiger partial charge in [0.15, 0.2) is 22.2 Å². The van der Waals surface area contributed by atoms with Crippen molar-refractivity contribution < 1.29 is 31.1 Å². The van der Waals surface area contributed by atoms with Gasteiger partial charge in [-0.15, -0.1) is 0 Å². The smallest absolute Gasteiger partial charge is 0.422 e. The van der Waals surface area contributed by atoms with Gasteiger partial charge in [-0.25, -0.2) is 8.42 Å². The summed E-state index contributed by atoms with van der Waals surface area (Å²) in [5.74, 6) is -0.789. The van der Waals surface area contributed by atoms with Gasteiger partial charge in [-0.2, -0.15) is 28.1 Å². The molecule has 206 valence electrons. The molecule has 2 aliphatic carbocycles. The number of halogens is 4. The lowest BCUT2D eigenvalue weighted by Crippen LogP contribution is -2.23. The largest absolute Gasteiger partial charge is 0.454 e. The summed E-state index contributed by atoms with van der Waals surface area (Å²) in [6.07, 6.45) is -1.75. The Labute approximate surface area is 227 Å². The molecule has 2 aliphatic rings. The van der Waals surface area contributed by atoms with Crippen molar-refractivity contribution in [2.24, 2.45) is 0 Å². The fourth-order valence-corrected chi connectivity index (χ4v) is 5.89. The van der Waals surface area contributed by atoms with Crippen LogP contribution in [0.5, 0.6) is 6.01 Å². The van der Waals surface area contributed by atoms with Crippen LogP contribution in [-0.4, -0.2) is 52.9 Å². The Morgan fingerprint density at radius 1 is 1.03 bits per heavy atom. The van der Waals surface area contributed by atoms with Gasteiger partial charge in [-0.3, -0.25) is 4.79 Å². The molecule has 0 bridgehead atoms. The number of Topliss-reactive ketones (excluding diaryl/α,β-unsaturated/α-hetero) is 1. The first-order valence-corrected chi connectivity index (χ1v) is 14.3. The number of nitrogens with one attached hydrogen (secondary N) is 1. The van der Waals surface area contributed by atoms with Crippen LogP contribution in [-0.2, 0) is 21.8 Å². The van der Waals surface area contributed by atoms with Crippen LogP contribution in [0.15, 0.2) is 48.5 Å². The van der Waals surface area contributed by atoms with Gasteiger partial charge >= 0.3 is 12.2 Å². The molecule has 1 N–H and O–H groups in total. The third-order valence-corrected chi connectivity index (χ3v) is 8.93. The zero-order valence-corrected chi connectivity index (χ0v) is 22.1. The van der Waals surface area contributed by atoms with Crippen LogP contribution >= 0.6 is 11.6 Å². The van der Waals surface area contributed by atoms with Crippen LogP contribution in [0.4, 0.5) is 19.1 Å². The third-order valence-electron chi connectivity index (χ3n) is 6.53. The van der Waals surface area contributed by atoms with E-state index in [-0.39, 0.29) is 23.8 Å². The minimum absolute atomic E-state index is 0.0710. The second-order valence-corrected chi connectivity index (χ2v) is 12.5. The topological polar surface area (TPSA) is 111 Å². The number of anilines is 1. The fourth-order valence-electron chi connectivity index (χ4n) is 4.14. The molecule has 2 fully saturated rings. The first-order valence-electron chi connectivity index (χ1n) is 12.2. The standard InChI is InChI=1S/C26H24ClF3N4O4S/c27-19-7-5-18(6-8-19)25(11-12-25)34-23-31-22(32-24(33-23)38-15-26(28,29)30)13-16-1-3-17(4-2-16)21(35)14-39(36,37)20-9-10-20/h1-8,20H,9-15H2,(H,31,32,33,34). The van der Waals surface area contributed by atoms with E-state index in [1.54, 1.807) is 24.3 Å². The number of carbonyl (C=O) groups is 1. The molecule has 0 aliphatic heterocycles. The highest BCUT2D eigenvalue weighted by Crippen LogP contribution is 2.48. The first-order chi connectivity index (χ1) is 18.4. The number of hydrogen-bond acceptors (Lipinski definition) is 8. The van der Waals surface area contributed by atoms with Crippen LogP contribution < -0.4 is 10.1 Å². The Morgan fingerprint density at radius 2 is 1.69 bits per heavy atom. The number of ketones is 1. The zero-order valence-electron chi connectivity index (χ0n) is 20.5. The lowest BCUT2D eigenvalue weighted by molar-refractivity contribution is -0.154. The number of sulfone groups is 1. The average molecular weight is 581 g/mol. The Bertz CT molecular complexity index is 1470. The van der Waals surface area contributed by atoms with Crippen LogP contribution in [0, 0.1) is 0 Å². The van der Waals surface area contributed by atoms with E-state index in [9.17, 15) is 26.4 Å². The van der Waals surface area contributed by atoms with Crippen LogP contribution in [0.3, 0.4) is 0 Å². The number of aromatic nitrogens is 3. The van der Waals surface area contributed by atoms with E-state index in [0.29, 0.717) is 23.4 Å². The van der Waals surface area contributed by atoms with Crippen molar-refractivity contribution in [2.45, 2.75) is 49.1 Å². The summed E-state index contributed by atoms with van der Waals surface area (Å²) >= 11 is 6.00. The van der Waals surface area contributed by atoms with Crippen molar-refractivity contribution in [3.8, 4) is 6.01 Å². The predicted molar refractivity (Wildman–Crippen MR) is 138 cm³/mol. The van der Waals surface area contributed by atoms with Crippen LogP contribution in [0.25, 0.3) is 0 Å². The highest BCUT2D eigenvalue weighted by Gasteiger charge is 2.45. The van der Waals surface area contributed by atoms with Gasteiger partial charge in [0.25, 0.3) is 0 Å². The molecule has 0 unspecified atom stereocenters. The molecule has 0 atom stereocenters. The van der Waals surface area contributed by atoms with E-state index in [1.165, 1.54) is 12.1 Å². The van der Waals surface area contributed by atoms with Crippen LogP contribution in [0.2, 0.25) is 5.02 Å². The quantitative estimate of drug-likeness (QED) is 0.318. The molecule has 8 nitrogen and oxygen atoms in total. The third kappa shape index (κ3) is 7.04. The molecule has 5 rings (SSSR count). The van der Waals surface area contributed by atoms with Crippen LogP contribution in [0.1, 0.15) is 53.0 Å². The summed E-state index contributed by atoms with van der Waals surface area (Å²) in [6.45, 7) is -1.56. The van der Waals surface area contributed by atoms with Crippen molar-refractivity contribution in [3.63, 3.8) is 0 Å². The summed E-state index contributed by atoms with van der Waals surface area (Å²) in [7, 11) is -3.43. The zero-order chi connectivity index (χ0) is 27.8. The van der Waals surface area contributed by atoms with Gasteiger partial charge in [0.05, 0.1) is 10.8 Å². The molecular weight excluding hydrogens is 557 g/mol. The van der Waals surface area contributed by atoms with Gasteiger partial charge < -0.3 is 10.1 Å². The molecule has 0 spiro atoms. The van der Waals surface area contributed by atoms with E-state index in [2.05, 4.69) is 20.3 Å². The molecule has 0 amide bonds. The Kier molecular flexibility index (Phi) is 7.27. The van der Waals surface area contributed by atoms with E-state index in [1.807, 2.05) is 12.1 Å². The molecule has 2 saturated carbocycles. The number of nitrogens with zero attached hydrogens (tertiary/aromatic N) is 3.